The Kier molecular flexibility index (Phi) is 3.22. The van der Waals surface area contributed by atoms with Crippen molar-refractivity contribution in [2.24, 2.45) is 0 Å². The second-order valence-electron chi connectivity index (χ2n) is 5.65. The third-order valence-corrected chi connectivity index (χ3v) is 4.96. The first-order chi connectivity index (χ1) is 10.7. The average Bonchev–Trinajstić information content (AvgIpc) is 3.25. The molecule has 4 rings (SSSR count). The van der Waals surface area contributed by atoms with Crippen LogP contribution < -0.4 is 0 Å². The largest absolute Gasteiger partial charge is 0.339 e. The predicted molar refractivity (Wildman–Crippen MR) is 88.4 cm³/mol. The maximum absolute atomic E-state index is 12.8. The van der Waals surface area contributed by atoms with Crippen molar-refractivity contribution < 1.29 is 4.79 Å². The molecule has 3 aromatic rings. The topological polar surface area (TPSA) is 37.6 Å². The number of thiazole rings is 1. The first kappa shape index (κ1) is 13.5. The molecule has 5 heteroatoms. The lowest BCUT2D eigenvalue weighted by molar-refractivity contribution is 0.0795. The van der Waals surface area contributed by atoms with E-state index in [4.69, 9.17) is 0 Å². The zero-order chi connectivity index (χ0) is 15.1. The number of carbonyl (C=O) groups excluding carboxylic acids is 1. The SMILES string of the molecule is Cc1nc(-c2cc(C(=O)N3CCCC3)c3ccccn23)cs1. The lowest BCUT2D eigenvalue weighted by Crippen LogP contribution is -2.27. The zero-order valence-electron chi connectivity index (χ0n) is 12.5. The van der Waals surface area contributed by atoms with Crippen LogP contribution in [0.1, 0.15) is 28.2 Å². The molecule has 0 saturated carbocycles. The summed E-state index contributed by atoms with van der Waals surface area (Å²) in [6, 6.07) is 7.96. The van der Waals surface area contributed by atoms with E-state index in [1.807, 2.05) is 47.7 Å². The molecule has 3 aromatic heterocycles. The van der Waals surface area contributed by atoms with Crippen LogP contribution in [0, 0.1) is 6.92 Å². The highest BCUT2D eigenvalue weighted by molar-refractivity contribution is 7.09. The molecular weight excluding hydrogens is 294 g/mol. The van der Waals surface area contributed by atoms with Crippen molar-refractivity contribution in [3.05, 3.63) is 46.4 Å². The van der Waals surface area contributed by atoms with E-state index in [9.17, 15) is 4.79 Å². The molecule has 1 amide bonds. The molecule has 0 spiro atoms. The number of amides is 1. The summed E-state index contributed by atoms with van der Waals surface area (Å²) in [4.78, 5) is 19.3. The molecule has 1 saturated heterocycles. The number of hydrogen-bond donors (Lipinski definition) is 0. The summed E-state index contributed by atoms with van der Waals surface area (Å²) in [5, 5.41) is 3.09. The van der Waals surface area contributed by atoms with E-state index in [1.165, 1.54) is 0 Å². The van der Waals surface area contributed by atoms with Crippen LogP contribution in [0.2, 0.25) is 0 Å². The summed E-state index contributed by atoms with van der Waals surface area (Å²) in [5.41, 5.74) is 3.66. The van der Waals surface area contributed by atoms with Crippen molar-refractivity contribution >= 4 is 22.8 Å². The van der Waals surface area contributed by atoms with Gasteiger partial charge >= 0.3 is 0 Å². The van der Waals surface area contributed by atoms with Gasteiger partial charge in [0, 0.05) is 24.7 Å². The molecule has 112 valence electrons. The Morgan fingerprint density at radius 2 is 2.09 bits per heavy atom. The van der Waals surface area contributed by atoms with Crippen molar-refractivity contribution in [3.8, 4) is 11.4 Å². The second-order valence-corrected chi connectivity index (χ2v) is 6.71. The van der Waals surface area contributed by atoms with Crippen molar-refractivity contribution in [1.82, 2.24) is 14.3 Å². The van der Waals surface area contributed by atoms with Gasteiger partial charge in [-0.3, -0.25) is 4.79 Å². The molecule has 0 aromatic carbocycles. The van der Waals surface area contributed by atoms with Crippen LogP contribution in [0.5, 0.6) is 0 Å². The number of aromatic nitrogens is 2. The highest BCUT2D eigenvalue weighted by atomic mass is 32.1. The fraction of sp³-hybridized carbons (Fsp3) is 0.294. The molecular formula is C17H17N3OS. The minimum absolute atomic E-state index is 0.138. The van der Waals surface area contributed by atoms with E-state index >= 15 is 0 Å². The first-order valence-corrected chi connectivity index (χ1v) is 8.44. The molecule has 1 fully saturated rings. The lowest BCUT2D eigenvalue weighted by Gasteiger charge is -2.14. The van der Waals surface area contributed by atoms with Crippen molar-refractivity contribution in [3.63, 3.8) is 0 Å². The van der Waals surface area contributed by atoms with E-state index in [1.54, 1.807) is 11.3 Å². The number of nitrogens with zero attached hydrogens (tertiary/aromatic N) is 3. The van der Waals surface area contributed by atoms with Gasteiger partial charge in [0.1, 0.15) is 0 Å². The Morgan fingerprint density at radius 1 is 1.27 bits per heavy atom. The predicted octanol–water partition coefficient (Wildman–Crippen LogP) is 3.61. The molecule has 0 aliphatic carbocycles. The molecule has 4 nitrogen and oxygen atoms in total. The average molecular weight is 311 g/mol. The molecule has 1 aliphatic heterocycles. The van der Waals surface area contributed by atoms with E-state index in [0.717, 1.165) is 53.4 Å². The van der Waals surface area contributed by atoms with Crippen LogP contribution in [0.4, 0.5) is 0 Å². The Morgan fingerprint density at radius 3 is 2.82 bits per heavy atom. The van der Waals surface area contributed by atoms with Gasteiger partial charge in [-0.2, -0.15) is 0 Å². The summed E-state index contributed by atoms with van der Waals surface area (Å²) < 4.78 is 2.07. The number of fused-ring (bicyclic) bond motifs is 1. The fourth-order valence-electron chi connectivity index (χ4n) is 3.09. The van der Waals surface area contributed by atoms with Gasteiger partial charge < -0.3 is 9.30 Å². The quantitative estimate of drug-likeness (QED) is 0.725. The number of pyridine rings is 1. The number of rotatable bonds is 2. The van der Waals surface area contributed by atoms with Gasteiger partial charge in [0.2, 0.25) is 0 Å². The van der Waals surface area contributed by atoms with Crippen molar-refractivity contribution in [1.29, 1.82) is 0 Å². The third-order valence-electron chi connectivity index (χ3n) is 4.18. The number of aryl methyl sites for hydroxylation is 1. The van der Waals surface area contributed by atoms with Crippen LogP contribution in [0.3, 0.4) is 0 Å². The van der Waals surface area contributed by atoms with Gasteiger partial charge in [-0.05, 0) is 38.0 Å². The highest BCUT2D eigenvalue weighted by Crippen LogP contribution is 2.28. The lowest BCUT2D eigenvalue weighted by atomic mass is 10.2. The summed E-state index contributed by atoms with van der Waals surface area (Å²) in [7, 11) is 0. The summed E-state index contributed by atoms with van der Waals surface area (Å²) in [5.74, 6) is 0.138. The van der Waals surface area contributed by atoms with E-state index < -0.39 is 0 Å². The number of carbonyl (C=O) groups is 1. The second kappa shape index (κ2) is 5.25. The number of likely N-dealkylation sites (tertiary alicyclic amines) is 1. The fourth-order valence-corrected chi connectivity index (χ4v) is 3.70. The summed E-state index contributed by atoms with van der Waals surface area (Å²) in [6.45, 7) is 3.74. The van der Waals surface area contributed by atoms with Gasteiger partial charge in [-0.15, -0.1) is 11.3 Å². The molecule has 0 bridgehead atoms. The minimum Gasteiger partial charge on any atom is -0.339 e. The van der Waals surface area contributed by atoms with Gasteiger partial charge in [-0.1, -0.05) is 6.07 Å². The summed E-state index contributed by atoms with van der Waals surface area (Å²) in [6.07, 6.45) is 4.21. The Balaban J connectivity index is 1.87. The highest BCUT2D eigenvalue weighted by Gasteiger charge is 2.24. The van der Waals surface area contributed by atoms with Crippen LogP contribution in [0.15, 0.2) is 35.8 Å². The summed E-state index contributed by atoms with van der Waals surface area (Å²) >= 11 is 1.63. The van der Waals surface area contributed by atoms with Crippen LogP contribution in [-0.2, 0) is 0 Å². The number of hydrogen-bond acceptors (Lipinski definition) is 3. The Bertz CT molecular complexity index is 843. The van der Waals surface area contributed by atoms with Crippen LogP contribution in [0.25, 0.3) is 16.9 Å². The Labute approximate surface area is 133 Å². The first-order valence-electron chi connectivity index (χ1n) is 7.56. The molecule has 0 unspecified atom stereocenters. The maximum Gasteiger partial charge on any atom is 0.256 e. The molecule has 0 radical (unpaired) electrons. The normalized spacial score (nSPS) is 14.9. The molecule has 22 heavy (non-hydrogen) atoms. The van der Waals surface area contributed by atoms with E-state index in [-0.39, 0.29) is 5.91 Å². The van der Waals surface area contributed by atoms with E-state index in [0.29, 0.717) is 0 Å². The van der Waals surface area contributed by atoms with E-state index in [2.05, 4.69) is 9.38 Å². The third kappa shape index (κ3) is 2.13. The molecule has 0 N–H and O–H groups in total. The van der Waals surface area contributed by atoms with Gasteiger partial charge in [-0.25, -0.2) is 4.98 Å². The van der Waals surface area contributed by atoms with Gasteiger partial charge in [0.05, 0.1) is 27.5 Å². The smallest absolute Gasteiger partial charge is 0.256 e. The standard InChI is InChI=1S/C17H17N3OS/c1-12-18-14(11-22-12)16-10-13(15-6-2-3-9-20(15)16)17(21)19-7-4-5-8-19/h2-3,6,9-11H,4-5,7-8H2,1H3. The Hall–Kier alpha value is -2.14. The minimum atomic E-state index is 0.138. The molecule has 1 aliphatic rings. The zero-order valence-corrected chi connectivity index (χ0v) is 13.3. The molecule has 0 atom stereocenters. The van der Waals surface area contributed by atoms with Crippen molar-refractivity contribution in [2.75, 3.05) is 13.1 Å². The van der Waals surface area contributed by atoms with Crippen molar-refractivity contribution in [2.45, 2.75) is 19.8 Å². The van der Waals surface area contributed by atoms with Crippen LogP contribution >= 0.6 is 11.3 Å². The van der Waals surface area contributed by atoms with Gasteiger partial charge in [0.15, 0.2) is 0 Å². The maximum atomic E-state index is 12.8. The van der Waals surface area contributed by atoms with Crippen LogP contribution in [-0.4, -0.2) is 33.3 Å². The monoisotopic (exact) mass is 311 g/mol. The van der Waals surface area contributed by atoms with Gasteiger partial charge in [0.25, 0.3) is 5.91 Å². The molecule has 4 heterocycles.